The maximum absolute atomic E-state index is 13.5. The number of anilines is 1. The molecule has 1 aliphatic heterocycles. The van der Waals surface area contributed by atoms with Crippen molar-refractivity contribution in [2.45, 2.75) is 39.7 Å². The van der Waals surface area contributed by atoms with Crippen molar-refractivity contribution in [1.82, 2.24) is 9.97 Å². The summed E-state index contributed by atoms with van der Waals surface area (Å²) >= 11 is 1.34. The van der Waals surface area contributed by atoms with Gasteiger partial charge in [-0.2, -0.15) is 0 Å². The fraction of sp³-hybridized carbons (Fsp3) is 0.375. The Kier molecular flexibility index (Phi) is 6.04. The highest BCUT2D eigenvalue weighted by Gasteiger charge is 2.26. The molecule has 0 N–H and O–H groups in total. The topological polar surface area (TPSA) is 46.1 Å². The van der Waals surface area contributed by atoms with Gasteiger partial charge in [-0.1, -0.05) is 25.6 Å². The number of aromatic nitrogens is 2. The highest BCUT2D eigenvalue weighted by molar-refractivity contribution is 8.14. The number of hydrogen-bond donors (Lipinski definition) is 0. The first-order chi connectivity index (χ1) is 14.4. The molecule has 1 atom stereocenters. The van der Waals surface area contributed by atoms with Crippen molar-refractivity contribution in [2.75, 3.05) is 17.2 Å². The van der Waals surface area contributed by atoms with Crippen molar-refractivity contribution in [3.63, 3.8) is 0 Å². The highest BCUT2D eigenvalue weighted by atomic mass is 32.2. The van der Waals surface area contributed by atoms with E-state index in [9.17, 15) is 9.18 Å². The average molecular weight is 424 g/mol. The number of benzene rings is 2. The van der Waals surface area contributed by atoms with Crippen LogP contribution in [0.2, 0.25) is 0 Å². The number of halogens is 1. The van der Waals surface area contributed by atoms with Crippen molar-refractivity contribution in [3.05, 3.63) is 53.8 Å². The number of nitrogens with zero attached hydrogens (tertiary/aromatic N) is 3. The van der Waals surface area contributed by atoms with Crippen molar-refractivity contribution in [2.24, 2.45) is 5.92 Å². The van der Waals surface area contributed by atoms with Crippen LogP contribution in [0.3, 0.4) is 0 Å². The number of fused-ring (bicyclic) bond motifs is 1. The lowest BCUT2D eigenvalue weighted by atomic mass is 10.1. The normalized spacial score (nSPS) is 16.6. The van der Waals surface area contributed by atoms with Gasteiger partial charge in [0.1, 0.15) is 11.5 Å². The van der Waals surface area contributed by atoms with Gasteiger partial charge < -0.3 is 4.90 Å². The summed E-state index contributed by atoms with van der Waals surface area (Å²) < 4.78 is 13.5. The van der Waals surface area contributed by atoms with E-state index in [1.54, 1.807) is 12.1 Å². The minimum absolute atomic E-state index is 0.0612. The van der Waals surface area contributed by atoms with Gasteiger partial charge in [0.05, 0.1) is 11.0 Å². The van der Waals surface area contributed by atoms with Crippen molar-refractivity contribution < 1.29 is 9.18 Å². The Morgan fingerprint density at radius 2 is 1.93 bits per heavy atom. The molecular formula is C24H26FN3OS. The predicted molar refractivity (Wildman–Crippen MR) is 123 cm³/mol. The van der Waals surface area contributed by atoms with Crippen LogP contribution in [0.1, 0.15) is 44.0 Å². The van der Waals surface area contributed by atoms with Crippen LogP contribution in [-0.2, 0) is 0 Å². The Morgan fingerprint density at radius 3 is 2.60 bits per heavy atom. The number of thioether (sulfide) groups is 1. The van der Waals surface area contributed by atoms with E-state index < -0.39 is 0 Å². The zero-order chi connectivity index (χ0) is 21.3. The number of carbonyl (C=O) groups excluding carboxylic acids is 1. The van der Waals surface area contributed by atoms with Crippen LogP contribution in [0, 0.1) is 11.7 Å². The molecule has 4 nitrogen and oxygen atoms in total. The van der Waals surface area contributed by atoms with E-state index in [0.717, 1.165) is 47.7 Å². The first kappa shape index (κ1) is 20.8. The van der Waals surface area contributed by atoms with Crippen LogP contribution >= 0.6 is 11.8 Å². The van der Waals surface area contributed by atoms with Gasteiger partial charge >= 0.3 is 0 Å². The molecule has 0 unspecified atom stereocenters. The van der Waals surface area contributed by atoms with E-state index in [1.807, 2.05) is 18.2 Å². The molecule has 4 rings (SSSR count). The van der Waals surface area contributed by atoms with Gasteiger partial charge in [0.2, 0.25) is 5.12 Å². The summed E-state index contributed by atoms with van der Waals surface area (Å²) in [5.74, 6) is 1.78. The van der Waals surface area contributed by atoms with E-state index in [4.69, 9.17) is 9.97 Å². The summed E-state index contributed by atoms with van der Waals surface area (Å²) in [5.41, 5.74) is 3.69. The molecule has 0 saturated carbocycles. The second-order valence-corrected chi connectivity index (χ2v) is 9.28. The third-order valence-corrected chi connectivity index (χ3v) is 6.70. The van der Waals surface area contributed by atoms with Gasteiger partial charge in [-0.05, 0) is 68.1 Å². The first-order valence-corrected chi connectivity index (χ1v) is 11.4. The van der Waals surface area contributed by atoms with Crippen molar-refractivity contribution in [3.8, 4) is 11.3 Å². The molecule has 0 amide bonds. The molecule has 1 aromatic heterocycles. The van der Waals surface area contributed by atoms with Crippen molar-refractivity contribution in [1.29, 1.82) is 0 Å². The maximum atomic E-state index is 13.5. The second-order valence-electron chi connectivity index (χ2n) is 8.28. The molecule has 0 spiro atoms. The Hall–Kier alpha value is -2.47. The van der Waals surface area contributed by atoms with E-state index in [0.29, 0.717) is 23.0 Å². The average Bonchev–Trinajstić information content (AvgIpc) is 3.17. The minimum atomic E-state index is -0.273. The molecule has 1 fully saturated rings. The minimum Gasteiger partial charge on any atom is -0.352 e. The van der Waals surface area contributed by atoms with E-state index in [-0.39, 0.29) is 10.9 Å². The molecule has 2 heterocycles. The molecule has 3 aromatic rings. The summed E-state index contributed by atoms with van der Waals surface area (Å²) in [6.45, 7) is 7.31. The zero-order valence-corrected chi connectivity index (χ0v) is 18.4. The first-order valence-electron chi connectivity index (χ1n) is 10.4. The van der Waals surface area contributed by atoms with Crippen LogP contribution in [0.5, 0.6) is 0 Å². The second kappa shape index (κ2) is 8.72. The summed E-state index contributed by atoms with van der Waals surface area (Å²) in [7, 11) is 0. The van der Waals surface area contributed by atoms with E-state index >= 15 is 0 Å². The predicted octanol–water partition coefficient (Wildman–Crippen LogP) is 5.95. The fourth-order valence-corrected chi connectivity index (χ4v) is 4.53. The molecule has 156 valence electrons. The Bertz CT molecular complexity index is 1070. The smallest absolute Gasteiger partial charge is 0.219 e. The van der Waals surface area contributed by atoms with Gasteiger partial charge in [-0.15, -0.1) is 0 Å². The van der Waals surface area contributed by atoms with Crippen LogP contribution in [-0.4, -0.2) is 33.4 Å². The maximum Gasteiger partial charge on any atom is 0.219 e. The SMILES string of the molecule is CC(C)CSC(=O)c1ccc2nc(-c3ccc(F)cc3)c(N3CCC[C@@H]3C)nc2c1. The van der Waals surface area contributed by atoms with Gasteiger partial charge in [-0.25, -0.2) is 14.4 Å². The molecule has 1 saturated heterocycles. The monoisotopic (exact) mass is 423 g/mol. The van der Waals surface area contributed by atoms with Gasteiger partial charge in [0.15, 0.2) is 5.82 Å². The third-order valence-electron chi connectivity index (χ3n) is 5.37. The molecular weight excluding hydrogens is 397 g/mol. The van der Waals surface area contributed by atoms with Crippen LogP contribution in [0.25, 0.3) is 22.3 Å². The van der Waals surface area contributed by atoms with Crippen LogP contribution < -0.4 is 4.90 Å². The largest absolute Gasteiger partial charge is 0.352 e. The summed E-state index contributed by atoms with van der Waals surface area (Å²) in [4.78, 5) is 24.7. The van der Waals surface area contributed by atoms with Crippen LogP contribution in [0.4, 0.5) is 10.2 Å². The van der Waals surface area contributed by atoms with E-state index in [2.05, 4.69) is 25.7 Å². The molecule has 0 bridgehead atoms. The number of carbonyl (C=O) groups is 1. The highest BCUT2D eigenvalue weighted by Crippen LogP contribution is 2.34. The summed E-state index contributed by atoms with van der Waals surface area (Å²) in [6.07, 6.45) is 2.21. The number of rotatable bonds is 5. The molecule has 2 aromatic carbocycles. The Labute approximate surface area is 180 Å². The summed E-state index contributed by atoms with van der Waals surface area (Å²) in [5, 5.41) is 0.0612. The lowest BCUT2D eigenvalue weighted by molar-refractivity contribution is 0.108. The molecule has 0 radical (unpaired) electrons. The number of hydrogen-bond acceptors (Lipinski definition) is 5. The van der Waals surface area contributed by atoms with E-state index in [1.165, 1.54) is 23.9 Å². The van der Waals surface area contributed by atoms with Gasteiger partial charge in [0.25, 0.3) is 0 Å². The molecule has 30 heavy (non-hydrogen) atoms. The zero-order valence-electron chi connectivity index (χ0n) is 17.6. The lowest BCUT2D eigenvalue weighted by Gasteiger charge is -2.25. The Morgan fingerprint density at radius 1 is 1.17 bits per heavy atom. The van der Waals surface area contributed by atoms with Crippen LogP contribution in [0.15, 0.2) is 42.5 Å². The lowest BCUT2D eigenvalue weighted by Crippen LogP contribution is -2.28. The Balaban J connectivity index is 1.79. The molecule has 1 aliphatic rings. The quantitative estimate of drug-likeness (QED) is 0.507. The fourth-order valence-electron chi connectivity index (χ4n) is 3.75. The third kappa shape index (κ3) is 4.33. The molecule has 6 heteroatoms. The van der Waals surface area contributed by atoms with Gasteiger partial charge in [0, 0.05) is 29.5 Å². The molecule has 0 aliphatic carbocycles. The standard InChI is InChI=1S/C24H26FN3OS/c1-15(2)14-30-24(29)18-8-11-20-21(13-18)27-23(28-12-4-5-16(28)3)22(26-20)17-6-9-19(25)10-7-17/h6-11,13,15-16H,4-5,12,14H2,1-3H3/t16-/m0/s1. The van der Waals surface area contributed by atoms with Gasteiger partial charge in [-0.3, -0.25) is 4.79 Å². The summed E-state index contributed by atoms with van der Waals surface area (Å²) in [6, 6.07) is 12.3. The van der Waals surface area contributed by atoms with Crippen molar-refractivity contribution >= 4 is 33.7 Å².